The predicted molar refractivity (Wildman–Crippen MR) is 181 cm³/mol. The Morgan fingerprint density at radius 3 is 2.30 bits per heavy atom. The maximum Gasteiger partial charge on any atom is 0.274 e. The number of hydrogen-bond donors (Lipinski definition) is 0. The van der Waals surface area contributed by atoms with Crippen molar-refractivity contribution in [2.75, 3.05) is 44.2 Å². The van der Waals surface area contributed by atoms with Crippen LogP contribution >= 0.6 is 23.2 Å². The third kappa shape index (κ3) is 7.85. The van der Waals surface area contributed by atoms with E-state index >= 15 is 0 Å². The highest BCUT2D eigenvalue weighted by Crippen LogP contribution is 2.30. The van der Waals surface area contributed by atoms with Gasteiger partial charge in [0.2, 0.25) is 5.91 Å². The molecule has 2 amide bonds. The lowest BCUT2D eigenvalue weighted by Crippen LogP contribution is -2.45. The minimum Gasteiger partial charge on any atom is -0.337 e. The molecule has 2 aliphatic heterocycles. The van der Waals surface area contributed by atoms with Crippen molar-refractivity contribution < 1.29 is 14.0 Å². The van der Waals surface area contributed by atoms with Crippen molar-refractivity contribution in [3.63, 3.8) is 0 Å². The standard InChI is InChI=1S/C36H38Cl2FN5O2/c37-30-11-10-29(23-31(30)38)44(17-3-16-42-18-12-26(13-19-42)22-25-6-8-28(39)9-7-25)35(45)27-14-20-43(21-15-27)36(46)34-24-40-32-4-1-2-5-33(32)41-34/h1-2,4-11,23-24,26-27H,3,12-22H2. The number of hydrogen-bond acceptors (Lipinski definition) is 5. The molecular formula is C36H38Cl2FN5O2. The van der Waals surface area contributed by atoms with E-state index in [1.165, 1.54) is 23.9 Å². The van der Waals surface area contributed by atoms with Crippen LogP contribution in [0.4, 0.5) is 10.1 Å². The second kappa shape index (κ2) is 14.9. The van der Waals surface area contributed by atoms with Crippen molar-refractivity contribution in [2.45, 2.75) is 38.5 Å². The van der Waals surface area contributed by atoms with Crippen LogP contribution in [0.15, 0.2) is 72.9 Å². The van der Waals surface area contributed by atoms with Gasteiger partial charge in [0.1, 0.15) is 11.5 Å². The summed E-state index contributed by atoms with van der Waals surface area (Å²) in [6.45, 7) is 4.45. The van der Waals surface area contributed by atoms with Gasteiger partial charge in [-0.25, -0.2) is 9.37 Å². The van der Waals surface area contributed by atoms with Gasteiger partial charge in [0, 0.05) is 31.2 Å². The molecule has 0 aliphatic carbocycles. The lowest BCUT2D eigenvalue weighted by atomic mass is 9.90. The van der Waals surface area contributed by atoms with E-state index in [1.54, 1.807) is 17.0 Å². The number of halogens is 3. The molecule has 46 heavy (non-hydrogen) atoms. The van der Waals surface area contributed by atoms with E-state index in [0.29, 0.717) is 59.6 Å². The van der Waals surface area contributed by atoms with Gasteiger partial charge < -0.3 is 14.7 Å². The van der Waals surface area contributed by atoms with Crippen LogP contribution in [0.2, 0.25) is 10.0 Å². The molecule has 1 aromatic heterocycles. The highest BCUT2D eigenvalue weighted by Gasteiger charge is 2.32. The van der Waals surface area contributed by atoms with Gasteiger partial charge >= 0.3 is 0 Å². The largest absolute Gasteiger partial charge is 0.337 e. The Hall–Kier alpha value is -3.59. The molecule has 0 N–H and O–H groups in total. The molecule has 0 spiro atoms. The Balaban J connectivity index is 1.04. The summed E-state index contributed by atoms with van der Waals surface area (Å²) in [7, 11) is 0. The number of para-hydroxylation sites is 2. The number of likely N-dealkylation sites (tertiary alicyclic amines) is 2. The summed E-state index contributed by atoms with van der Waals surface area (Å²) in [5.41, 5.74) is 3.68. The molecular weight excluding hydrogens is 624 g/mol. The van der Waals surface area contributed by atoms with Gasteiger partial charge in [0.25, 0.3) is 5.91 Å². The van der Waals surface area contributed by atoms with Gasteiger partial charge in [-0.3, -0.25) is 14.6 Å². The number of anilines is 1. The molecule has 2 aliphatic rings. The van der Waals surface area contributed by atoms with Crippen LogP contribution in [0.1, 0.15) is 48.2 Å². The molecule has 240 valence electrons. The molecule has 3 aromatic carbocycles. The maximum absolute atomic E-state index is 14.0. The minimum atomic E-state index is -0.205. The van der Waals surface area contributed by atoms with E-state index in [4.69, 9.17) is 23.2 Å². The summed E-state index contributed by atoms with van der Waals surface area (Å²) >= 11 is 12.6. The highest BCUT2D eigenvalue weighted by molar-refractivity contribution is 6.42. The summed E-state index contributed by atoms with van der Waals surface area (Å²) < 4.78 is 13.3. The molecule has 2 saturated heterocycles. The quantitative estimate of drug-likeness (QED) is 0.188. The lowest BCUT2D eigenvalue weighted by molar-refractivity contribution is -0.123. The Morgan fingerprint density at radius 1 is 0.870 bits per heavy atom. The highest BCUT2D eigenvalue weighted by atomic mass is 35.5. The topological polar surface area (TPSA) is 69.6 Å². The van der Waals surface area contributed by atoms with Crippen molar-refractivity contribution in [1.29, 1.82) is 0 Å². The molecule has 0 atom stereocenters. The third-order valence-electron chi connectivity index (χ3n) is 9.28. The first-order valence-electron chi connectivity index (χ1n) is 16.1. The molecule has 2 fully saturated rings. The van der Waals surface area contributed by atoms with Crippen molar-refractivity contribution in [3.05, 3.63) is 100 Å². The summed E-state index contributed by atoms with van der Waals surface area (Å²) in [4.78, 5) is 42.2. The van der Waals surface area contributed by atoms with Crippen LogP contribution in [-0.4, -0.2) is 70.9 Å². The SMILES string of the molecule is O=C(c1cnc2ccccc2n1)N1CCC(C(=O)N(CCCN2CCC(Cc3ccc(F)cc3)CC2)c2ccc(Cl)c(Cl)c2)CC1. The van der Waals surface area contributed by atoms with Crippen LogP contribution in [0.5, 0.6) is 0 Å². The van der Waals surface area contributed by atoms with E-state index < -0.39 is 0 Å². The Bertz CT molecular complexity index is 1670. The zero-order chi connectivity index (χ0) is 32.0. The summed E-state index contributed by atoms with van der Waals surface area (Å²) in [6.07, 6.45) is 6.70. The van der Waals surface area contributed by atoms with Gasteiger partial charge in [-0.05, 0) is 112 Å². The summed E-state index contributed by atoms with van der Waals surface area (Å²) in [5, 5.41) is 0.863. The first-order chi connectivity index (χ1) is 22.3. The fourth-order valence-electron chi connectivity index (χ4n) is 6.61. The molecule has 0 saturated carbocycles. The van der Waals surface area contributed by atoms with E-state index in [2.05, 4.69) is 14.9 Å². The Kier molecular flexibility index (Phi) is 10.5. The van der Waals surface area contributed by atoms with Crippen molar-refractivity contribution in [1.82, 2.24) is 19.8 Å². The molecule has 7 nitrogen and oxygen atoms in total. The molecule has 6 rings (SSSR count). The number of fused-ring (bicyclic) bond motifs is 1. The first-order valence-corrected chi connectivity index (χ1v) is 16.8. The number of carbonyl (C=O) groups is 2. The fraction of sp³-hybridized carbons (Fsp3) is 0.389. The number of benzene rings is 3. The lowest BCUT2D eigenvalue weighted by Gasteiger charge is -2.35. The molecule has 4 aromatic rings. The second-order valence-electron chi connectivity index (χ2n) is 12.4. The number of rotatable bonds is 9. The molecule has 10 heteroatoms. The average Bonchev–Trinajstić information content (AvgIpc) is 3.09. The minimum absolute atomic E-state index is 0.0500. The number of amides is 2. The normalized spacial score (nSPS) is 16.5. The molecule has 3 heterocycles. The molecule has 0 unspecified atom stereocenters. The van der Waals surface area contributed by atoms with Crippen LogP contribution in [0, 0.1) is 17.7 Å². The zero-order valence-electron chi connectivity index (χ0n) is 25.8. The van der Waals surface area contributed by atoms with Gasteiger partial charge in [-0.15, -0.1) is 0 Å². The third-order valence-corrected chi connectivity index (χ3v) is 10.0. The second-order valence-corrected chi connectivity index (χ2v) is 13.2. The van der Waals surface area contributed by atoms with Crippen LogP contribution in [0.3, 0.4) is 0 Å². The number of aromatic nitrogens is 2. The van der Waals surface area contributed by atoms with Gasteiger partial charge in [-0.1, -0.05) is 47.5 Å². The zero-order valence-corrected chi connectivity index (χ0v) is 27.3. The van der Waals surface area contributed by atoms with Crippen molar-refractivity contribution in [2.24, 2.45) is 11.8 Å². The van der Waals surface area contributed by atoms with Gasteiger partial charge in [0.05, 0.1) is 27.3 Å². The van der Waals surface area contributed by atoms with E-state index in [-0.39, 0.29) is 23.5 Å². The van der Waals surface area contributed by atoms with E-state index in [9.17, 15) is 14.0 Å². The van der Waals surface area contributed by atoms with E-state index in [1.807, 2.05) is 47.4 Å². The Morgan fingerprint density at radius 2 is 1.59 bits per heavy atom. The van der Waals surface area contributed by atoms with Crippen LogP contribution < -0.4 is 4.90 Å². The van der Waals surface area contributed by atoms with Gasteiger partial charge in [0.15, 0.2) is 0 Å². The van der Waals surface area contributed by atoms with Crippen molar-refractivity contribution in [3.8, 4) is 0 Å². The number of carbonyl (C=O) groups excluding carboxylic acids is 2. The predicted octanol–water partition coefficient (Wildman–Crippen LogP) is 7.31. The first kappa shape index (κ1) is 32.4. The average molecular weight is 663 g/mol. The van der Waals surface area contributed by atoms with Gasteiger partial charge in [-0.2, -0.15) is 0 Å². The fourth-order valence-corrected chi connectivity index (χ4v) is 6.90. The number of piperidine rings is 2. The number of nitrogens with zero attached hydrogens (tertiary/aromatic N) is 5. The monoisotopic (exact) mass is 661 g/mol. The smallest absolute Gasteiger partial charge is 0.274 e. The molecule has 0 bridgehead atoms. The maximum atomic E-state index is 14.0. The summed E-state index contributed by atoms with van der Waals surface area (Å²) in [5.74, 6) is 0.0890. The summed E-state index contributed by atoms with van der Waals surface area (Å²) in [6, 6.07) is 19.7. The van der Waals surface area contributed by atoms with Crippen LogP contribution in [0.25, 0.3) is 11.0 Å². The molecule has 0 radical (unpaired) electrons. The van der Waals surface area contributed by atoms with E-state index in [0.717, 1.165) is 56.5 Å². The van der Waals surface area contributed by atoms with Crippen LogP contribution in [-0.2, 0) is 11.2 Å². The van der Waals surface area contributed by atoms with Crippen molar-refractivity contribution >= 4 is 51.7 Å². The Labute approximate surface area is 279 Å².